The zero-order valence-corrected chi connectivity index (χ0v) is 9.04. The smallest absolute Gasteiger partial charge is 0.233 e. The van der Waals surface area contributed by atoms with Gasteiger partial charge in [-0.25, -0.2) is 10.5 Å². The molecule has 0 saturated carbocycles. The molecule has 8 heteroatoms. The molecule has 5 N–H and O–H groups in total. The van der Waals surface area contributed by atoms with Crippen molar-refractivity contribution in [1.82, 2.24) is 20.3 Å². The Hall–Kier alpha value is -1.28. The number of amides is 1. The first kappa shape index (κ1) is 11.8. The van der Waals surface area contributed by atoms with Gasteiger partial charge in [-0.05, 0) is 12.8 Å². The Balaban J connectivity index is 2.07. The number of nitrogens with one attached hydrogen (secondary N) is 1. The third-order valence-corrected chi connectivity index (χ3v) is 2.77. The van der Waals surface area contributed by atoms with Gasteiger partial charge in [0.2, 0.25) is 11.1 Å². The van der Waals surface area contributed by atoms with Crippen LogP contribution in [0.3, 0.4) is 0 Å². The predicted molar refractivity (Wildman–Crippen MR) is 57.1 cm³/mol. The van der Waals surface area contributed by atoms with Crippen molar-refractivity contribution in [2.75, 3.05) is 11.6 Å². The van der Waals surface area contributed by atoms with Crippen molar-refractivity contribution in [2.45, 2.75) is 24.4 Å². The Morgan fingerprint density at radius 3 is 3.00 bits per heavy atom. The maximum absolute atomic E-state index is 10.8. The van der Waals surface area contributed by atoms with Crippen LogP contribution in [0.2, 0.25) is 0 Å². The fourth-order valence-electron chi connectivity index (χ4n) is 0.959. The highest BCUT2D eigenvalue weighted by atomic mass is 32.2. The summed E-state index contributed by atoms with van der Waals surface area (Å²) < 4.78 is 1.37. The topological polar surface area (TPSA) is 112 Å². The van der Waals surface area contributed by atoms with E-state index in [1.165, 1.54) is 22.8 Å². The van der Waals surface area contributed by atoms with Crippen LogP contribution in [-0.2, 0) is 4.79 Å². The molecule has 0 radical (unpaired) electrons. The van der Waals surface area contributed by atoms with Crippen LogP contribution in [-0.4, -0.2) is 26.5 Å². The number of nitrogens with two attached hydrogens (primary N) is 2. The minimum Gasteiger partial charge on any atom is -0.336 e. The van der Waals surface area contributed by atoms with Crippen LogP contribution < -0.4 is 17.1 Å². The molecule has 0 atom stereocenters. The van der Waals surface area contributed by atoms with Gasteiger partial charge in [-0.15, -0.1) is 10.2 Å². The molecular weight excluding hydrogens is 216 g/mol. The normalized spacial score (nSPS) is 10.2. The van der Waals surface area contributed by atoms with Gasteiger partial charge in [-0.1, -0.05) is 11.8 Å². The van der Waals surface area contributed by atoms with Crippen molar-refractivity contribution in [3.63, 3.8) is 0 Å². The molecule has 0 aliphatic carbocycles. The summed E-state index contributed by atoms with van der Waals surface area (Å²) in [6, 6.07) is 0. The Kier molecular flexibility index (Phi) is 4.91. The first-order valence-electron chi connectivity index (χ1n) is 4.51. The van der Waals surface area contributed by atoms with E-state index in [0.717, 1.165) is 18.6 Å². The second kappa shape index (κ2) is 6.25. The third-order valence-electron chi connectivity index (χ3n) is 1.73. The number of nitrogen functional groups attached to an aromatic ring is 1. The highest BCUT2D eigenvalue weighted by Gasteiger charge is 2.02. The Morgan fingerprint density at radius 2 is 2.40 bits per heavy atom. The van der Waals surface area contributed by atoms with Gasteiger partial charge in [-0.3, -0.25) is 10.2 Å². The molecular formula is C7H14N6OS. The summed E-state index contributed by atoms with van der Waals surface area (Å²) in [5, 5.41) is 8.14. The van der Waals surface area contributed by atoms with E-state index in [1.807, 2.05) is 0 Å². The lowest BCUT2D eigenvalue weighted by Gasteiger charge is -2.00. The summed E-state index contributed by atoms with van der Waals surface area (Å²) in [5.74, 6) is 11.2. The van der Waals surface area contributed by atoms with Gasteiger partial charge >= 0.3 is 0 Å². The fraction of sp³-hybridized carbons (Fsp3) is 0.571. The molecule has 1 rings (SSSR count). The zero-order valence-electron chi connectivity index (χ0n) is 8.22. The highest BCUT2D eigenvalue weighted by Crippen LogP contribution is 2.14. The van der Waals surface area contributed by atoms with Crippen molar-refractivity contribution < 1.29 is 4.79 Å². The molecule has 0 aromatic carbocycles. The lowest BCUT2D eigenvalue weighted by Crippen LogP contribution is -2.29. The molecule has 1 aromatic rings. The second-order valence-corrected chi connectivity index (χ2v) is 3.96. The van der Waals surface area contributed by atoms with Crippen LogP contribution in [0.1, 0.15) is 19.3 Å². The number of hydrazine groups is 1. The summed E-state index contributed by atoms with van der Waals surface area (Å²) >= 11 is 1.51. The minimum absolute atomic E-state index is 0.137. The molecule has 0 aliphatic heterocycles. The molecule has 84 valence electrons. The first-order valence-corrected chi connectivity index (χ1v) is 5.50. The molecule has 7 nitrogen and oxygen atoms in total. The number of carbonyl (C=O) groups is 1. The minimum atomic E-state index is -0.137. The molecule has 0 fully saturated rings. The number of carbonyl (C=O) groups excluding carboxylic acids is 1. The molecule has 1 amide bonds. The number of aromatic nitrogens is 3. The predicted octanol–water partition coefficient (Wildman–Crippen LogP) is -0.756. The van der Waals surface area contributed by atoms with Gasteiger partial charge in [0.05, 0.1) is 0 Å². The van der Waals surface area contributed by atoms with Crippen molar-refractivity contribution in [3.8, 4) is 0 Å². The zero-order chi connectivity index (χ0) is 11.1. The lowest BCUT2D eigenvalue weighted by atomic mass is 10.2. The summed E-state index contributed by atoms with van der Waals surface area (Å²) in [5.41, 5.74) is 2.09. The van der Waals surface area contributed by atoms with E-state index < -0.39 is 0 Å². The Morgan fingerprint density at radius 1 is 1.60 bits per heavy atom. The van der Waals surface area contributed by atoms with Gasteiger partial charge < -0.3 is 5.84 Å². The molecule has 0 spiro atoms. The second-order valence-electron chi connectivity index (χ2n) is 2.89. The Labute approximate surface area is 91.5 Å². The Bertz CT molecular complexity index is 314. The van der Waals surface area contributed by atoms with Gasteiger partial charge in [0, 0.05) is 12.2 Å². The van der Waals surface area contributed by atoms with E-state index >= 15 is 0 Å². The van der Waals surface area contributed by atoms with Gasteiger partial charge in [-0.2, -0.15) is 0 Å². The number of hydrogen-bond acceptors (Lipinski definition) is 6. The van der Waals surface area contributed by atoms with E-state index in [4.69, 9.17) is 11.7 Å². The maximum Gasteiger partial charge on any atom is 0.233 e. The van der Waals surface area contributed by atoms with Gasteiger partial charge in [0.25, 0.3) is 0 Å². The highest BCUT2D eigenvalue weighted by molar-refractivity contribution is 7.99. The van der Waals surface area contributed by atoms with Crippen LogP contribution in [0.25, 0.3) is 0 Å². The standard InChI is InChI=1S/C7H14N6OS/c8-11-6(14)3-1-2-4-15-7-12-10-5-13(7)9/h5H,1-4,8-9H2,(H,11,14). The van der Waals surface area contributed by atoms with Gasteiger partial charge in [0.1, 0.15) is 6.33 Å². The van der Waals surface area contributed by atoms with Crippen LogP contribution in [0, 0.1) is 0 Å². The van der Waals surface area contributed by atoms with E-state index in [2.05, 4.69) is 15.6 Å². The van der Waals surface area contributed by atoms with E-state index in [9.17, 15) is 4.79 Å². The van der Waals surface area contributed by atoms with Crippen LogP contribution >= 0.6 is 11.8 Å². The first-order chi connectivity index (χ1) is 7.24. The molecule has 0 saturated heterocycles. The van der Waals surface area contributed by atoms with E-state index in [0.29, 0.717) is 11.6 Å². The number of nitrogens with zero attached hydrogens (tertiary/aromatic N) is 3. The average Bonchev–Trinajstić information content (AvgIpc) is 2.63. The number of hydrogen-bond donors (Lipinski definition) is 3. The van der Waals surface area contributed by atoms with E-state index in [1.54, 1.807) is 0 Å². The summed E-state index contributed by atoms with van der Waals surface area (Å²) in [4.78, 5) is 10.8. The molecule has 1 heterocycles. The SMILES string of the molecule is NNC(=O)CCCCSc1nncn1N. The number of unbranched alkanes of at least 4 members (excludes halogenated alkanes) is 1. The van der Waals surface area contributed by atoms with Crippen LogP contribution in [0.15, 0.2) is 11.5 Å². The van der Waals surface area contributed by atoms with Crippen molar-refractivity contribution in [3.05, 3.63) is 6.33 Å². The summed E-state index contributed by atoms with van der Waals surface area (Å²) in [7, 11) is 0. The average molecular weight is 230 g/mol. The van der Waals surface area contributed by atoms with Crippen molar-refractivity contribution >= 4 is 17.7 Å². The lowest BCUT2D eigenvalue weighted by molar-refractivity contribution is -0.121. The van der Waals surface area contributed by atoms with Crippen molar-refractivity contribution in [1.29, 1.82) is 0 Å². The fourth-order valence-corrected chi connectivity index (χ4v) is 1.79. The van der Waals surface area contributed by atoms with Gasteiger partial charge in [0.15, 0.2) is 0 Å². The molecule has 1 aromatic heterocycles. The largest absolute Gasteiger partial charge is 0.336 e. The number of rotatable bonds is 6. The van der Waals surface area contributed by atoms with E-state index in [-0.39, 0.29) is 5.91 Å². The van der Waals surface area contributed by atoms with Crippen molar-refractivity contribution in [2.24, 2.45) is 5.84 Å². The quantitative estimate of drug-likeness (QED) is 0.195. The number of thioether (sulfide) groups is 1. The molecule has 0 aliphatic rings. The molecule has 0 unspecified atom stereocenters. The van der Waals surface area contributed by atoms with Crippen LogP contribution in [0.5, 0.6) is 0 Å². The molecule has 0 bridgehead atoms. The monoisotopic (exact) mass is 230 g/mol. The summed E-state index contributed by atoms with van der Waals surface area (Å²) in [6.45, 7) is 0. The third kappa shape index (κ3) is 4.17. The summed E-state index contributed by atoms with van der Waals surface area (Å²) in [6.07, 6.45) is 3.61. The van der Waals surface area contributed by atoms with Crippen LogP contribution in [0.4, 0.5) is 0 Å². The molecule has 15 heavy (non-hydrogen) atoms. The maximum atomic E-state index is 10.8.